The summed E-state index contributed by atoms with van der Waals surface area (Å²) in [5.74, 6) is -2.28. The molecule has 5 aliphatic rings. The predicted molar refractivity (Wildman–Crippen MR) is 192 cm³/mol. The number of nitro groups is 1. The molecule has 2 fully saturated rings. The van der Waals surface area contributed by atoms with Crippen molar-refractivity contribution in [1.82, 2.24) is 0 Å². The number of amides is 2. The Bertz CT molecular complexity index is 2380. The molecular formula is C42H28N2O10. The largest absolute Gasteiger partial charge is 0.496 e. The highest BCUT2D eigenvalue weighted by Gasteiger charge is 2.83. The van der Waals surface area contributed by atoms with Crippen LogP contribution in [-0.2, 0) is 25.2 Å². The fourth-order valence-electron chi connectivity index (χ4n) is 9.43. The molecule has 0 spiro atoms. The third-order valence-electron chi connectivity index (χ3n) is 11.4. The number of rotatable bonds is 7. The van der Waals surface area contributed by atoms with Crippen molar-refractivity contribution >= 4 is 40.1 Å². The second-order valence-corrected chi connectivity index (χ2v) is 13.6. The van der Waals surface area contributed by atoms with Crippen molar-refractivity contribution in [2.75, 3.05) is 25.6 Å². The van der Waals surface area contributed by atoms with Gasteiger partial charge in [-0.3, -0.25) is 24.5 Å². The summed E-state index contributed by atoms with van der Waals surface area (Å²) in [6.45, 7) is 0.0215. The molecule has 10 rings (SSSR count). The number of carbonyl (C=O) groups is 3. The Morgan fingerprint density at radius 2 is 1.13 bits per heavy atom. The number of fused-ring (bicyclic) bond motifs is 7. The van der Waals surface area contributed by atoms with Crippen LogP contribution in [-0.4, -0.2) is 43.2 Å². The van der Waals surface area contributed by atoms with Crippen molar-refractivity contribution in [3.05, 3.63) is 148 Å². The first-order chi connectivity index (χ1) is 26.3. The molecule has 1 saturated heterocycles. The Balaban J connectivity index is 1.35. The van der Waals surface area contributed by atoms with Crippen LogP contribution in [0.3, 0.4) is 0 Å². The molecular weight excluding hydrogens is 692 g/mol. The lowest BCUT2D eigenvalue weighted by Gasteiger charge is -2.39. The van der Waals surface area contributed by atoms with Gasteiger partial charge in [0.25, 0.3) is 5.69 Å². The van der Waals surface area contributed by atoms with Crippen molar-refractivity contribution in [3.63, 3.8) is 0 Å². The molecule has 2 amide bonds. The van der Waals surface area contributed by atoms with Crippen molar-refractivity contribution in [1.29, 1.82) is 0 Å². The Morgan fingerprint density at radius 3 is 1.59 bits per heavy atom. The van der Waals surface area contributed by atoms with Gasteiger partial charge in [0.2, 0.25) is 25.4 Å². The smallest absolute Gasteiger partial charge is 0.297 e. The number of hydrogen-bond donors (Lipinski definition) is 0. The highest BCUT2D eigenvalue weighted by Crippen LogP contribution is 2.75. The molecule has 266 valence electrons. The number of ketones is 1. The average Bonchev–Trinajstić information content (AvgIpc) is 4.01. The van der Waals surface area contributed by atoms with Crippen molar-refractivity contribution in [2.24, 2.45) is 11.8 Å². The number of imide groups is 1. The van der Waals surface area contributed by atoms with Crippen LogP contribution in [0.1, 0.15) is 22.3 Å². The van der Waals surface area contributed by atoms with Gasteiger partial charge in [-0.2, -0.15) is 0 Å². The molecule has 12 nitrogen and oxygen atoms in total. The predicted octanol–water partition coefficient (Wildman–Crippen LogP) is 6.25. The number of nitrogens with zero attached hydrogens (tertiary/aromatic N) is 2. The third-order valence-corrected chi connectivity index (χ3v) is 11.4. The van der Waals surface area contributed by atoms with Crippen LogP contribution in [0.15, 0.2) is 115 Å². The lowest BCUT2D eigenvalue weighted by atomic mass is 9.59. The first-order valence-electron chi connectivity index (χ1n) is 17.2. The molecule has 0 N–H and O–H groups in total. The Kier molecular flexibility index (Phi) is 6.63. The van der Waals surface area contributed by atoms with Gasteiger partial charge in [-0.25, -0.2) is 4.90 Å². The van der Waals surface area contributed by atoms with Gasteiger partial charge in [0.05, 0.1) is 40.8 Å². The van der Waals surface area contributed by atoms with Gasteiger partial charge in [-0.15, -0.1) is 0 Å². The van der Waals surface area contributed by atoms with Crippen LogP contribution in [0, 0.1) is 22.0 Å². The van der Waals surface area contributed by atoms with Crippen LogP contribution in [0.4, 0.5) is 11.4 Å². The summed E-state index contributed by atoms with van der Waals surface area (Å²) in [4.78, 5) is 59.8. The monoisotopic (exact) mass is 720 g/mol. The molecule has 54 heavy (non-hydrogen) atoms. The molecule has 0 unspecified atom stereocenters. The second-order valence-electron chi connectivity index (χ2n) is 13.6. The van der Waals surface area contributed by atoms with E-state index in [4.69, 9.17) is 23.7 Å². The Morgan fingerprint density at radius 1 is 0.648 bits per heavy atom. The molecule has 2 bridgehead atoms. The summed E-state index contributed by atoms with van der Waals surface area (Å²) in [7, 11) is 1.37. The average molecular weight is 721 g/mol. The van der Waals surface area contributed by atoms with E-state index in [-0.39, 0.29) is 30.8 Å². The van der Waals surface area contributed by atoms with Crippen LogP contribution in [0.25, 0.3) is 11.1 Å². The molecule has 3 heterocycles. The number of allylic oxidation sites excluding steroid dienone is 2. The summed E-state index contributed by atoms with van der Waals surface area (Å²) in [6, 6.07) is 32.7. The van der Waals surface area contributed by atoms with Crippen molar-refractivity contribution in [2.45, 2.75) is 10.8 Å². The van der Waals surface area contributed by atoms with E-state index in [1.165, 1.54) is 25.3 Å². The van der Waals surface area contributed by atoms with Gasteiger partial charge < -0.3 is 23.7 Å². The van der Waals surface area contributed by atoms with E-state index in [2.05, 4.69) is 0 Å². The maximum atomic E-state index is 16.3. The van der Waals surface area contributed by atoms with E-state index in [0.717, 1.165) is 4.90 Å². The van der Waals surface area contributed by atoms with E-state index in [1.54, 1.807) is 72.8 Å². The summed E-state index contributed by atoms with van der Waals surface area (Å²) >= 11 is 0. The fraction of sp³-hybridized carbons (Fsp3) is 0.167. The summed E-state index contributed by atoms with van der Waals surface area (Å²) < 4.78 is 28.3. The molecule has 5 aromatic carbocycles. The first kappa shape index (κ1) is 31.8. The van der Waals surface area contributed by atoms with Crippen molar-refractivity contribution < 1.29 is 43.0 Å². The van der Waals surface area contributed by atoms with Crippen LogP contribution >= 0.6 is 0 Å². The SMILES string of the molecule is COc1ccc(N2C(=O)[C@@H]3[C@@H](C2=O)[C@@]2(c4ccccc4)C(=O)[C@@]3(c3ccccc3)C(c3ccc4c(c3)OCO4)=C2c2ccc3c(c2)OCO3)c([N+](=O)[O-])c1. The van der Waals surface area contributed by atoms with Gasteiger partial charge in [0, 0.05) is 0 Å². The van der Waals surface area contributed by atoms with Gasteiger partial charge >= 0.3 is 0 Å². The quantitative estimate of drug-likeness (QED) is 0.108. The minimum Gasteiger partial charge on any atom is -0.496 e. The molecule has 4 atom stereocenters. The third kappa shape index (κ3) is 3.88. The van der Waals surface area contributed by atoms with Crippen LogP contribution in [0.2, 0.25) is 0 Å². The summed E-state index contributed by atoms with van der Waals surface area (Å²) in [5, 5.41) is 12.5. The molecule has 12 heteroatoms. The molecule has 0 radical (unpaired) electrons. The molecule has 3 aliphatic heterocycles. The van der Waals surface area contributed by atoms with Crippen LogP contribution in [0.5, 0.6) is 28.7 Å². The summed E-state index contributed by atoms with van der Waals surface area (Å²) in [6.07, 6.45) is 0. The van der Waals surface area contributed by atoms with E-state index in [0.29, 0.717) is 56.4 Å². The lowest BCUT2D eigenvalue weighted by molar-refractivity contribution is -0.384. The standard InChI is InChI=1S/C42H28N2O10/c1-50-27-14-15-28(29(20-27)44(48)49)43-38(45)36-37(39(43)46)42(26-10-6-3-7-11-26)35(24-13-17-31-33(19-24)54-22-52-31)34(23-12-16-30-32(18-23)53-21-51-30)41(36,40(42)47)25-8-4-2-5-9-25/h2-20,36-37H,21-22H2,1H3/t36-,37-,41-,42-/m0/s1. The van der Waals surface area contributed by atoms with E-state index in [9.17, 15) is 10.1 Å². The van der Waals surface area contributed by atoms with Crippen molar-refractivity contribution in [3.8, 4) is 28.7 Å². The van der Waals surface area contributed by atoms with Gasteiger partial charge in [0.1, 0.15) is 11.4 Å². The minimum absolute atomic E-state index is 0.0108. The van der Waals surface area contributed by atoms with E-state index in [1.807, 2.05) is 24.3 Å². The molecule has 1 saturated carbocycles. The normalized spacial score (nSPS) is 24.4. The van der Waals surface area contributed by atoms with Crippen LogP contribution < -0.4 is 28.6 Å². The lowest BCUT2D eigenvalue weighted by Crippen LogP contribution is -2.45. The number of hydrogen-bond acceptors (Lipinski definition) is 10. The number of nitro benzene ring substituents is 1. The maximum Gasteiger partial charge on any atom is 0.297 e. The Labute approximate surface area is 307 Å². The molecule has 2 aliphatic carbocycles. The van der Waals surface area contributed by atoms with Gasteiger partial charge in [0.15, 0.2) is 28.8 Å². The molecule has 5 aromatic rings. The Hall–Kier alpha value is -6.95. The highest BCUT2D eigenvalue weighted by atomic mass is 16.7. The number of anilines is 1. The number of Topliss-reactive ketones (excluding diaryl/α,β-unsaturated/α-hetero) is 1. The highest BCUT2D eigenvalue weighted by molar-refractivity contribution is 6.39. The number of ether oxygens (including phenoxy) is 5. The van der Waals surface area contributed by atoms with E-state index < -0.39 is 45.1 Å². The van der Waals surface area contributed by atoms with Gasteiger partial charge in [-0.05, 0) is 69.8 Å². The second kappa shape index (κ2) is 11.3. The number of methoxy groups -OCH3 is 1. The zero-order chi connectivity index (χ0) is 36.9. The first-order valence-corrected chi connectivity index (χ1v) is 17.2. The zero-order valence-electron chi connectivity index (χ0n) is 28.5. The number of benzene rings is 5. The van der Waals surface area contributed by atoms with Gasteiger partial charge in [-0.1, -0.05) is 72.8 Å². The maximum absolute atomic E-state index is 16.3. The minimum atomic E-state index is -1.76. The fourth-order valence-corrected chi connectivity index (χ4v) is 9.43. The molecule has 0 aromatic heterocycles. The number of carbonyl (C=O) groups excluding carboxylic acids is 3. The topological polar surface area (TPSA) is 144 Å². The summed E-state index contributed by atoms with van der Waals surface area (Å²) in [5.41, 5.74) is -1.05. The van der Waals surface area contributed by atoms with E-state index >= 15 is 14.4 Å². The zero-order valence-corrected chi connectivity index (χ0v) is 28.5.